The highest BCUT2D eigenvalue weighted by atomic mass is 19.1. The summed E-state index contributed by atoms with van der Waals surface area (Å²) in [4.78, 5) is 42.9. The lowest BCUT2D eigenvalue weighted by molar-refractivity contribution is -0.131. The summed E-state index contributed by atoms with van der Waals surface area (Å²) in [7, 11) is 1.78. The molecule has 0 saturated carbocycles. The third kappa shape index (κ3) is 4.64. The lowest BCUT2D eigenvalue weighted by Crippen LogP contribution is -2.47. The maximum Gasteiger partial charge on any atom is 0.253 e. The second-order valence-electron chi connectivity index (χ2n) is 8.87. The Morgan fingerprint density at radius 3 is 2.67 bits per heavy atom. The Balaban J connectivity index is 1.43. The summed E-state index contributed by atoms with van der Waals surface area (Å²) >= 11 is 0. The predicted molar refractivity (Wildman–Crippen MR) is 123 cm³/mol. The van der Waals surface area contributed by atoms with Crippen molar-refractivity contribution in [2.45, 2.75) is 45.1 Å². The number of nitrogens with zero attached hydrogens (tertiary/aromatic N) is 1. The monoisotopic (exact) mass is 455 g/mol. The van der Waals surface area contributed by atoms with Gasteiger partial charge in [0.1, 0.15) is 5.82 Å². The van der Waals surface area contributed by atoms with Gasteiger partial charge in [-0.25, -0.2) is 4.39 Å². The molecule has 3 heterocycles. The van der Waals surface area contributed by atoms with Gasteiger partial charge in [0.2, 0.25) is 11.8 Å². The van der Waals surface area contributed by atoms with Crippen LogP contribution in [0.2, 0.25) is 0 Å². The molecule has 0 bridgehead atoms. The van der Waals surface area contributed by atoms with Gasteiger partial charge in [-0.05, 0) is 69.1 Å². The molecule has 1 aromatic carbocycles. The van der Waals surface area contributed by atoms with Crippen molar-refractivity contribution in [1.29, 1.82) is 0 Å². The second kappa shape index (κ2) is 9.35. The molecule has 0 aliphatic carbocycles. The summed E-state index contributed by atoms with van der Waals surface area (Å²) in [6.07, 6.45) is 2.12. The van der Waals surface area contributed by atoms with E-state index in [0.29, 0.717) is 28.9 Å². The fraction of sp³-hybridized carbons (Fsp3) is 0.458. The minimum Gasteiger partial charge on any atom is -0.362 e. The van der Waals surface area contributed by atoms with Crippen molar-refractivity contribution in [2.75, 3.05) is 32.0 Å². The number of aryl methyl sites for hydroxylation is 1. The van der Waals surface area contributed by atoms with Gasteiger partial charge in [0, 0.05) is 36.6 Å². The molecule has 1 saturated heterocycles. The van der Waals surface area contributed by atoms with Crippen LogP contribution in [0.4, 0.5) is 10.1 Å². The largest absolute Gasteiger partial charge is 0.362 e. The molecule has 4 rings (SSSR count). The number of fused-ring (bicyclic) bond motifs is 1. The van der Waals surface area contributed by atoms with Crippen LogP contribution in [-0.4, -0.2) is 60.3 Å². The van der Waals surface area contributed by atoms with Crippen molar-refractivity contribution >= 4 is 23.4 Å². The Hall–Kier alpha value is -3.20. The van der Waals surface area contributed by atoms with Crippen molar-refractivity contribution in [1.82, 2.24) is 20.5 Å². The van der Waals surface area contributed by atoms with E-state index in [4.69, 9.17) is 0 Å². The smallest absolute Gasteiger partial charge is 0.253 e. The minimum absolute atomic E-state index is 0.0731. The van der Waals surface area contributed by atoms with E-state index in [-0.39, 0.29) is 30.3 Å². The van der Waals surface area contributed by atoms with E-state index in [1.54, 1.807) is 24.9 Å². The number of piperidine rings is 1. The van der Waals surface area contributed by atoms with Gasteiger partial charge in [-0.15, -0.1) is 0 Å². The minimum atomic E-state index is -0.538. The SMILES string of the molecule is Cc1[nH]c(CC2C(=O)Nc3ccc(F)cc32)c(C)c1C(=O)NCC(=O)N(C)C1CCNCC1. The van der Waals surface area contributed by atoms with Crippen molar-refractivity contribution in [3.63, 3.8) is 0 Å². The fourth-order valence-electron chi connectivity index (χ4n) is 4.83. The number of aromatic amines is 1. The highest BCUT2D eigenvalue weighted by Crippen LogP contribution is 2.36. The number of halogens is 1. The van der Waals surface area contributed by atoms with E-state index in [1.807, 2.05) is 6.92 Å². The highest BCUT2D eigenvalue weighted by molar-refractivity contribution is 6.03. The number of likely N-dealkylation sites (N-methyl/N-ethyl adjacent to an activating group) is 1. The molecule has 2 aromatic rings. The first kappa shape index (κ1) is 23.0. The molecule has 33 heavy (non-hydrogen) atoms. The van der Waals surface area contributed by atoms with E-state index in [1.165, 1.54) is 12.1 Å². The molecule has 9 heteroatoms. The van der Waals surface area contributed by atoms with Crippen LogP contribution < -0.4 is 16.0 Å². The molecule has 1 aromatic heterocycles. The molecule has 2 aliphatic rings. The Kier molecular flexibility index (Phi) is 6.51. The van der Waals surface area contributed by atoms with Crippen LogP contribution in [0, 0.1) is 19.7 Å². The number of amides is 3. The summed E-state index contributed by atoms with van der Waals surface area (Å²) in [5, 5.41) is 8.81. The lowest BCUT2D eigenvalue weighted by atomic mass is 9.94. The highest BCUT2D eigenvalue weighted by Gasteiger charge is 2.33. The van der Waals surface area contributed by atoms with Crippen LogP contribution in [-0.2, 0) is 16.0 Å². The van der Waals surface area contributed by atoms with Gasteiger partial charge >= 0.3 is 0 Å². The molecule has 1 fully saturated rings. The van der Waals surface area contributed by atoms with Crippen LogP contribution in [0.3, 0.4) is 0 Å². The van der Waals surface area contributed by atoms with Gasteiger partial charge in [-0.1, -0.05) is 0 Å². The third-order valence-electron chi connectivity index (χ3n) is 6.79. The molecular weight excluding hydrogens is 425 g/mol. The maximum atomic E-state index is 13.7. The van der Waals surface area contributed by atoms with Gasteiger partial charge in [-0.2, -0.15) is 0 Å². The van der Waals surface area contributed by atoms with Gasteiger partial charge in [0.25, 0.3) is 5.91 Å². The van der Waals surface area contributed by atoms with Crippen molar-refractivity contribution in [3.05, 3.63) is 52.1 Å². The normalized spacial score (nSPS) is 18.1. The summed E-state index contributed by atoms with van der Waals surface area (Å²) in [6, 6.07) is 4.44. The fourth-order valence-corrected chi connectivity index (χ4v) is 4.83. The summed E-state index contributed by atoms with van der Waals surface area (Å²) in [5.41, 5.74) is 3.83. The van der Waals surface area contributed by atoms with Crippen LogP contribution in [0.5, 0.6) is 0 Å². The number of benzene rings is 1. The lowest BCUT2D eigenvalue weighted by Gasteiger charge is -2.31. The van der Waals surface area contributed by atoms with Crippen LogP contribution in [0.15, 0.2) is 18.2 Å². The molecule has 4 N–H and O–H groups in total. The second-order valence-corrected chi connectivity index (χ2v) is 8.87. The zero-order chi connectivity index (χ0) is 23.7. The first-order valence-electron chi connectivity index (χ1n) is 11.3. The first-order valence-corrected chi connectivity index (χ1v) is 11.3. The third-order valence-corrected chi connectivity index (χ3v) is 6.79. The first-order chi connectivity index (χ1) is 15.8. The molecule has 1 unspecified atom stereocenters. The molecular formula is C24H30FN5O3. The number of nitrogens with one attached hydrogen (secondary N) is 4. The van der Waals surface area contributed by atoms with Crippen LogP contribution in [0.1, 0.15) is 51.6 Å². The van der Waals surface area contributed by atoms with Crippen molar-refractivity contribution in [3.8, 4) is 0 Å². The number of carbonyl (C=O) groups is 3. The van der Waals surface area contributed by atoms with E-state index >= 15 is 0 Å². The standard InChI is InChI=1S/C24H30FN5O3/c1-13-20(11-18-17-10-15(25)4-5-19(17)29-23(18)32)28-14(2)22(13)24(33)27-12-21(31)30(3)16-6-8-26-9-7-16/h4-5,10,16,18,26,28H,6-9,11-12H2,1-3H3,(H,27,33)(H,29,32). The molecule has 8 nitrogen and oxygen atoms in total. The van der Waals surface area contributed by atoms with E-state index in [0.717, 1.165) is 37.2 Å². The Labute approximate surface area is 192 Å². The van der Waals surface area contributed by atoms with Gasteiger partial charge < -0.3 is 25.8 Å². The number of carbonyl (C=O) groups excluding carboxylic acids is 3. The van der Waals surface area contributed by atoms with Crippen molar-refractivity contribution in [2.24, 2.45) is 0 Å². The average Bonchev–Trinajstić information content (AvgIpc) is 3.26. The van der Waals surface area contributed by atoms with E-state index in [9.17, 15) is 18.8 Å². The van der Waals surface area contributed by atoms with E-state index in [2.05, 4.69) is 20.9 Å². The molecule has 3 amide bonds. The number of rotatable bonds is 6. The van der Waals surface area contributed by atoms with Gasteiger partial charge in [-0.3, -0.25) is 14.4 Å². The summed E-state index contributed by atoms with van der Waals surface area (Å²) in [5.74, 6) is -1.58. The zero-order valence-corrected chi connectivity index (χ0v) is 19.2. The topological polar surface area (TPSA) is 106 Å². The average molecular weight is 456 g/mol. The Morgan fingerprint density at radius 2 is 1.94 bits per heavy atom. The molecule has 2 aliphatic heterocycles. The number of hydrogen-bond acceptors (Lipinski definition) is 4. The Morgan fingerprint density at radius 1 is 1.21 bits per heavy atom. The number of aromatic nitrogens is 1. The maximum absolute atomic E-state index is 13.7. The molecule has 1 atom stereocenters. The number of hydrogen-bond donors (Lipinski definition) is 4. The number of H-pyrrole nitrogens is 1. The summed E-state index contributed by atoms with van der Waals surface area (Å²) < 4.78 is 13.7. The zero-order valence-electron chi connectivity index (χ0n) is 19.2. The van der Waals surface area contributed by atoms with E-state index < -0.39 is 11.7 Å². The molecule has 0 spiro atoms. The van der Waals surface area contributed by atoms with Crippen molar-refractivity contribution < 1.29 is 18.8 Å². The summed E-state index contributed by atoms with van der Waals surface area (Å²) in [6.45, 7) is 5.30. The van der Waals surface area contributed by atoms with Crippen LogP contribution >= 0.6 is 0 Å². The quantitative estimate of drug-likeness (QED) is 0.535. The van der Waals surface area contributed by atoms with Crippen LogP contribution in [0.25, 0.3) is 0 Å². The Bertz CT molecular complexity index is 1090. The van der Waals surface area contributed by atoms with Gasteiger partial charge in [0.05, 0.1) is 18.0 Å². The van der Waals surface area contributed by atoms with Gasteiger partial charge in [0.15, 0.2) is 0 Å². The predicted octanol–water partition coefficient (Wildman–Crippen LogP) is 1.99. The molecule has 176 valence electrons. The number of anilines is 1. The molecule has 0 radical (unpaired) electrons.